The van der Waals surface area contributed by atoms with Crippen LogP contribution in [0.25, 0.3) is 16.9 Å². The minimum Gasteiger partial charge on any atom is -0.320 e. The van der Waals surface area contributed by atoms with Crippen LogP contribution in [0.5, 0.6) is 0 Å². The van der Waals surface area contributed by atoms with Crippen molar-refractivity contribution >= 4 is 22.8 Å². The van der Waals surface area contributed by atoms with Gasteiger partial charge in [0.05, 0.1) is 12.0 Å². The van der Waals surface area contributed by atoms with Gasteiger partial charge in [-0.05, 0) is 48.2 Å². The molecule has 4 rings (SSSR count). The number of nitrogens with zero attached hydrogens (tertiary/aromatic N) is 4. The van der Waals surface area contributed by atoms with E-state index in [9.17, 15) is 14.0 Å². The van der Waals surface area contributed by atoms with Crippen LogP contribution in [0, 0.1) is 11.7 Å². The summed E-state index contributed by atoms with van der Waals surface area (Å²) in [6, 6.07) is 13.0. The van der Waals surface area contributed by atoms with Crippen LogP contribution in [0.3, 0.4) is 0 Å². The first-order valence-electron chi connectivity index (χ1n) is 10.1. The minimum absolute atomic E-state index is 0.198. The van der Waals surface area contributed by atoms with Crippen LogP contribution in [0.2, 0.25) is 5.02 Å². The maximum atomic E-state index is 13.9. The second-order valence-electron chi connectivity index (χ2n) is 7.91. The standard InChI is InChI=1S/C23H22ClFN4O2/c1-15(2)9-10-28-22(30)20-21(29(23(28)31)19-8-4-7-18(25)12-19)26-14-27(20)13-16-5-3-6-17(24)11-16/h3-8,11-12,14-15H,9-10,13H2,1-2H3. The van der Waals surface area contributed by atoms with Gasteiger partial charge in [-0.1, -0.05) is 43.6 Å². The van der Waals surface area contributed by atoms with Gasteiger partial charge >= 0.3 is 5.69 Å². The third-order valence-electron chi connectivity index (χ3n) is 5.14. The van der Waals surface area contributed by atoms with E-state index < -0.39 is 17.1 Å². The normalized spacial score (nSPS) is 11.5. The molecule has 0 aliphatic rings. The first-order valence-corrected chi connectivity index (χ1v) is 10.4. The zero-order chi connectivity index (χ0) is 22.1. The first kappa shape index (κ1) is 21.1. The summed E-state index contributed by atoms with van der Waals surface area (Å²) < 4.78 is 18.1. The second kappa shape index (κ2) is 8.51. The number of rotatable bonds is 6. The van der Waals surface area contributed by atoms with E-state index in [-0.39, 0.29) is 17.7 Å². The molecule has 0 unspecified atom stereocenters. The van der Waals surface area contributed by atoms with E-state index in [1.54, 1.807) is 16.7 Å². The molecule has 0 bridgehead atoms. The van der Waals surface area contributed by atoms with Crippen molar-refractivity contribution in [2.75, 3.05) is 0 Å². The molecule has 0 spiro atoms. The molecule has 0 amide bonds. The van der Waals surface area contributed by atoms with Crippen molar-refractivity contribution in [3.8, 4) is 5.69 Å². The summed E-state index contributed by atoms with van der Waals surface area (Å²) in [7, 11) is 0. The van der Waals surface area contributed by atoms with Crippen molar-refractivity contribution in [1.82, 2.24) is 18.7 Å². The van der Waals surface area contributed by atoms with E-state index in [1.807, 2.05) is 32.0 Å². The van der Waals surface area contributed by atoms with Gasteiger partial charge in [0.15, 0.2) is 11.2 Å². The molecule has 0 N–H and O–H groups in total. The number of hydrogen-bond acceptors (Lipinski definition) is 3. The van der Waals surface area contributed by atoms with Gasteiger partial charge in [0.1, 0.15) is 5.82 Å². The Morgan fingerprint density at radius 2 is 1.87 bits per heavy atom. The summed E-state index contributed by atoms with van der Waals surface area (Å²) in [5.41, 5.74) is 0.755. The summed E-state index contributed by atoms with van der Waals surface area (Å²) in [4.78, 5) is 31.0. The van der Waals surface area contributed by atoms with Crippen molar-refractivity contribution in [2.45, 2.75) is 33.4 Å². The predicted molar refractivity (Wildman–Crippen MR) is 120 cm³/mol. The van der Waals surface area contributed by atoms with Crippen molar-refractivity contribution < 1.29 is 4.39 Å². The smallest absolute Gasteiger partial charge is 0.320 e. The number of fused-ring (bicyclic) bond motifs is 1. The molecule has 0 aliphatic carbocycles. The number of hydrogen-bond donors (Lipinski definition) is 0. The van der Waals surface area contributed by atoms with Gasteiger partial charge < -0.3 is 4.57 Å². The molecule has 0 aliphatic heterocycles. The molecule has 160 valence electrons. The monoisotopic (exact) mass is 440 g/mol. The Labute approximate surface area is 183 Å². The molecular formula is C23H22ClFN4O2. The fourth-order valence-corrected chi connectivity index (χ4v) is 3.78. The number of benzene rings is 2. The lowest BCUT2D eigenvalue weighted by atomic mass is 10.1. The van der Waals surface area contributed by atoms with Crippen molar-refractivity contribution in [1.29, 1.82) is 0 Å². The van der Waals surface area contributed by atoms with E-state index >= 15 is 0 Å². The highest BCUT2D eigenvalue weighted by Gasteiger charge is 2.19. The van der Waals surface area contributed by atoms with Crippen LogP contribution >= 0.6 is 11.6 Å². The Bertz CT molecular complexity index is 1370. The second-order valence-corrected chi connectivity index (χ2v) is 8.35. The lowest BCUT2D eigenvalue weighted by molar-refractivity contribution is 0.491. The Balaban J connectivity index is 1.97. The van der Waals surface area contributed by atoms with Gasteiger partial charge in [-0.15, -0.1) is 0 Å². The third-order valence-corrected chi connectivity index (χ3v) is 5.37. The molecule has 2 aromatic carbocycles. The summed E-state index contributed by atoms with van der Waals surface area (Å²) in [5.74, 6) is -0.170. The SMILES string of the molecule is CC(C)CCn1c(=O)c2c(ncn2Cc2cccc(Cl)c2)n(-c2cccc(F)c2)c1=O. The maximum absolute atomic E-state index is 13.9. The zero-order valence-electron chi connectivity index (χ0n) is 17.3. The highest BCUT2D eigenvalue weighted by atomic mass is 35.5. The molecule has 0 radical (unpaired) electrons. The lowest BCUT2D eigenvalue weighted by Crippen LogP contribution is -2.40. The Morgan fingerprint density at radius 1 is 1.10 bits per heavy atom. The lowest BCUT2D eigenvalue weighted by Gasteiger charge is -2.14. The summed E-state index contributed by atoms with van der Waals surface area (Å²) in [6.45, 7) is 4.68. The molecule has 0 atom stereocenters. The van der Waals surface area contributed by atoms with Crippen LogP contribution in [0.15, 0.2) is 64.4 Å². The highest BCUT2D eigenvalue weighted by Crippen LogP contribution is 2.17. The van der Waals surface area contributed by atoms with E-state index in [2.05, 4.69) is 4.98 Å². The summed E-state index contributed by atoms with van der Waals surface area (Å²) in [6.07, 6.45) is 2.18. The number of halogens is 2. The molecule has 6 nitrogen and oxygen atoms in total. The molecule has 2 aromatic heterocycles. The average molecular weight is 441 g/mol. The van der Waals surface area contributed by atoms with E-state index in [0.717, 1.165) is 5.56 Å². The van der Waals surface area contributed by atoms with Gasteiger partial charge in [-0.2, -0.15) is 0 Å². The third kappa shape index (κ3) is 4.18. The summed E-state index contributed by atoms with van der Waals surface area (Å²) in [5, 5.41) is 0.591. The Morgan fingerprint density at radius 3 is 2.58 bits per heavy atom. The quantitative estimate of drug-likeness (QED) is 0.450. The largest absolute Gasteiger partial charge is 0.337 e. The molecule has 31 heavy (non-hydrogen) atoms. The van der Waals surface area contributed by atoms with Gasteiger partial charge in [0.25, 0.3) is 5.56 Å². The maximum Gasteiger partial charge on any atom is 0.337 e. The van der Waals surface area contributed by atoms with Gasteiger partial charge in [-0.25, -0.2) is 18.7 Å². The first-order chi connectivity index (χ1) is 14.8. The average Bonchev–Trinajstić information content (AvgIpc) is 3.11. The molecular weight excluding hydrogens is 419 g/mol. The Hall–Kier alpha value is -3.19. The highest BCUT2D eigenvalue weighted by molar-refractivity contribution is 6.30. The van der Waals surface area contributed by atoms with E-state index in [0.29, 0.717) is 29.6 Å². The molecule has 0 saturated carbocycles. The van der Waals surface area contributed by atoms with Crippen LogP contribution in [-0.4, -0.2) is 18.7 Å². The fraction of sp³-hybridized carbons (Fsp3) is 0.261. The summed E-state index contributed by atoms with van der Waals surface area (Å²) >= 11 is 6.10. The molecule has 0 fully saturated rings. The van der Waals surface area contributed by atoms with Gasteiger partial charge in [0.2, 0.25) is 0 Å². The fourth-order valence-electron chi connectivity index (χ4n) is 3.56. The van der Waals surface area contributed by atoms with Crippen LogP contribution in [0.1, 0.15) is 25.8 Å². The number of aromatic nitrogens is 4. The Kier molecular flexibility index (Phi) is 5.78. The zero-order valence-corrected chi connectivity index (χ0v) is 18.0. The molecule has 8 heteroatoms. The van der Waals surface area contributed by atoms with Gasteiger partial charge in [-0.3, -0.25) is 9.36 Å². The van der Waals surface area contributed by atoms with Gasteiger partial charge in [0, 0.05) is 18.1 Å². The molecule has 2 heterocycles. The number of imidazole rings is 1. The van der Waals surface area contributed by atoms with Crippen molar-refractivity contribution in [3.63, 3.8) is 0 Å². The van der Waals surface area contributed by atoms with E-state index in [4.69, 9.17) is 11.6 Å². The van der Waals surface area contributed by atoms with Crippen LogP contribution in [0.4, 0.5) is 4.39 Å². The van der Waals surface area contributed by atoms with Crippen molar-refractivity contribution in [3.05, 3.63) is 92.1 Å². The topological polar surface area (TPSA) is 61.8 Å². The minimum atomic E-state index is -0.531. The molecule has 0 saturated heterocycles. The van der Waals surface area contributed by atoms with E-state index in [1.165, 1.54) is 33.7 Å². The predicted octanol–water partition coefficient (Wildman–Crippen LogP) is 4.24. The van der Waals surface area contributed by atoms with Crippen molar-refractivity contribution in [2.24, 2.45) is 5.92 Å². The molecule has 4 aromatic rings. The van der Waals surface area contributed by atoms with Crippen LogP contribution < -0.4 is 11.2 Å². The van der Waals surface area contributed by atoms with Crippen LogP contribution in [-0.2, 0) is 13.1 Å².